The van der Waals surface area contributed by atoms with Crippen molar-refractivity contribution in [3.63, 3.8) is 0 Å². The number of carbonyl (C=O) groups is 1. The van der Waals surface area contributed by atoms with E-state index >= 15 is 0 Å². The van der Waals surface area contributed by atoms with Crippen molar-refractivity contribution < 1.29 is 27.8 Å². The van der Waals surface area contributed by atoms with Gasteiger partial charge in [-0.15, -0.1) is 4.37 Å². The zero-order valence-electron chi connectivity index (χ0n) is 18.4. The lowest BCUT2D eigenvalue weighted by Gasteiger charge is -2.14. The van der Waals surface area contributed by atoms with Gasteiger partial charge in [-0.05, 0) is 26.0 Å². The molecule has 1 aromatic heterocycles. The maximum Gasteiger partial charge on any atom is 0.306 e. The number of aliphatic hydroxyl groups excluding tert-OH is 1. The van der Waals surface area contributed by atoms with Crippen LogP contribution in [0.1, 0.15) is 37.4 Å². The van der Waals surface area contributed by atoms with E-state index in [0.29, 0.717) is 18.8 Å². The molecule has 10 nitrogen and oxygen atoms in total. The third-order valence-electron chi connectivity index (χ3n) is 4.44. The minimum absolute atomic E-state index is 0.0212. The number of esters is 1. The third-order valence-corrected chi connectivity index (χ3v) is 6.45. The van der Waals surface area contributed by atoms with Gasteiger partial charge in [-0.25, -0.2) is 13.1 Å². The normalized spacial score (nSPS) is 13.5. The highest BCUT2D eigenvalue weighted by atomic mass is 32.2. The van der Waals surface area contributed by atoms with Gasteiger partial charge in [-0.1, -0.05) is 24.6 Å². The van der Waals surface area contributed by atoms with Crippen molar-refractivity contribution in [1.82, 2.24) is 18.8 Å². The average molecular weight is 487 g/mol. The van der Waals surface area contributed by atoms with Crippen molar-refractivity contribution in [2.45, 2.75) is 44.1 Å². The smallest absolute Gasteiger partial charge is 0.306 e. The summed E-state index contributed by atoms with van der Waals surface area (Å²) in [5.41, 5.74) is 1.53. The van der Waals surface area contributed by atoms with Crippen molar-refractivity contribution in [2.24, 2.45) is 0 Å². The summed E-state index contributed by atoms with van der Waals surface area (Å²) < 4.78 is 45.7. The van der Waals surface area contributed by atoms with Gasteiger partial charge in [0.2, 0.25) is 15.9 Å². The molecule has 2 atom stereocenters. The number of nitrogens with one attached hydrogen (secondary N) is 2. The molecule has 0 spiro atoms. The number of aliphatic hydroxyl groups is 1. The van der Waals surface area contributed by atoms with Crippen LogP contribution in [0.15, 0.2) is 29.2 Å². The van der Waals surface area contributed by atoms with Crippen molar-refractivity contribution in [1.29, 1.82) is 0 Å². The average Bonchev–Trinajstić information content (AvgIpc) is 3.21. The summed E-state index contributed by atoms with van der Waals surface area (Å²) in [7, 11) is -3.57. The molecule has 0 aliphatic heterocycles. The molecule has 2 unspecified atom stereocenters. The van der Waals surface area contributed by atoms with Gasteiger partial charge in [0.05, 0.1) is 29.7 Å². The first kappa shape index (κ1) is 26.1. The molecule has 0 saturated heterocycles. The highest BCUT2D eigenvalue weighted by Gasteiger charge is 2.21. The second-order valence-electron chi connectivity index (χ2n) is 7.24. The Hall–Kier alpha value is -2.12. The van der Waals surface area contributed by atoms with Gasteiger partial charge in [0.25, 0.3) is 0 Å². The first-order chi connectivity index (χ1) is 15.2. The summed E-state index contributed by atoms with van der Waals surface area (Å²) in [5, 5.41) is 13.1. The minimum Gasteiger partial charge on any atom is -0.473 e. The van der Waals surface area contributed by atoms with E-state index in [-0.39, 0.29) is 48.8 Å². The van der Waals surface area contributed by atoms with Crippen LogP contribution in [0.25, 0.3) is 0 Å². The molecular weight excluding hydrogens is 456 g/mol. The molecule has 0 bridgehead atoms. The van der Waals surface area contributed by atoms with Crippen LogP contribution >= 0.6 is 11.7 Å². The van der Waals surface area contributed by atoms with Crippen molar-refractivity contribution in [3.05, 3.63) is 35.5 Å². The van der Waals surface area contributed by atoms with E-state index < -0.39 is 16.1 Å². The van der Waals surface area contributed by atoms with Crippen LogP contribution in [0, 0.1) is 6.92 Å². The van der Waals surface area contributed by atoms with Crippen LogP contribution in [0.3, 0.4) is 0 Å². The Kier molecular flexibility index (Phi) is 10.5. The molecule has 3 N–H and O–H groups in total. The minimum atomic E-state index is -3.57. The number of nitrogens with zero attached hydrogens (tertiary/aromatic N) is 2. The van der Waals surface area contributed by atoms with E-state index in [1.54, 1.807) is 31.2 Å². The molecule has 1 aromatic carbocycles. The number of benzene rings is 1. The largest absolute Gasteiger partial charge is 0.473 e. The molecule has 0 saturated carbocycles. The molecule has 0 amide bonds. The summed E-state index contributed by atoms with van der Waals surface area (Å²) in [6.45, 7) is 6.48. The number of aryl methyl sites for hydroxylation is 1. The fraction of sp³-hybridized carbons (Fsp3) is 0.550. The highest BCUT2D eigenvalue weighted by Crippen LogP contribution is 2.27. The van der Waals surface area contributed by atoms with Gasteiger partial charge in [0.1, 0.15) is 18.4 Å². The lowest BCUT2D eigenvalue weighted by molar-refractivity contribution is -0.143. The second-order valence-corrected chi connectivity index (χ2v) is 9.54. The summed E-state index contributed by atoms with van der Waals surface area (Å²) in [5.74, 6) is -0.252. The van der Waals surface area contributed by atoms with Crippen molar-refractivity contribution >= 4 is 27.7 Å². The molecule has 32 heavy (non-hydrogen) atoms. The van der Waals surface area contributed by atoms with Crippen molar-refractivity contribution in [2.75, 3.05) is 32.8 Å². The Balaban J connectivity index is 1.69. The van der Waals surface area contributed by atoms with E-state index in [0.717, 1.165) is 17.3 Å². The van der Waals surface area contributed by atoms with Gasteiger partial charge in [0, 0.05) is 25.6 Å². The summed E-state index contributed by atoms with van der Waals surface area (Å²) in [4.78, 5) is 11.9. The summed E-state index contributed by atoms with van der Waals surface area (Å²) in [6, 6.07) is 6.59. The zero-order valence-corrected chi connectivity index (χ0v) is 20.0. The van der Waals surface area contributed by atoms with Gasteiger partial charge < -0.3 is 19.9 Å². The lowest BCUT2D eigenvalue weighted by atomic mass is 10.0. The molecule has 12 heteroatoms. The quantitative estimate of drug-likeness (QED) is 0.265. The number of carbonyl (C=O) groups excluding carboxylic acids is 1. The molecule has 0 fully saturated rings. The monoisotopic (exact) mass is 486 g/mol. The van der Waals surface area contributed by atoms with Gasteiger partial charge in [-0.2, -0.15) is 4.37 Å². The third kappa shape index (κ3) is 8.43. The van der Waals surface area contributed by atoms with Gasteiger partial charge in [-0.3, -0.25) is 4.79 Å². The number of rotatable bonds is 14. The molecule has 0 aliphatic carbocycles. The van der Waals surface area contributed by atoms with Gasteiger partial charge in [0.15, 0.2) is 0 Å². The zero-order chi connectivity index (χ0) is 23.6. The van der Waals surface area contributed by atoms with Crippen LogP contribution < -0.4 is 14.8 Å². The first-order valence-corrected chi connectivity index (χ1v) is 12.5. The fourth-order valence-electron chi connectivity index (χ4n) is 2.73. The van der Waals surface area contributed by atoms with Crippen LogP contribution in [0.2, 0.25) is 0 Å². The molecular formula is C20H30N4O6S2. The number of sulfonamides is 1. The Bertz CT molecular complexity index is 949. The molecule has 0 aliphatic rings. The Labute approximate surface area is 192 Å². The number of aromatic nitrogens is 2. The van der Waals surface area contributed by atoms with Crippen LogP contribution in [-0.4, -0.2) is 67.2 Å². The maximum absolute atomic E-state index is 12.2. The number of hydrogen-bond acceptors (Lipinski definition) is 10. The predicted molar refractivity (Wildman–Crippen MR) is 120 cm³/mol. The summed E-state index contributed by atoms with van der Waals surface area (Å²) >= 11 is 0.973. The fourth-order valence-corrected chi connectivity index (χ4v) is 4.37. The van der Waals surface area contributed by atoms with Crippen LogP contribution in [0.5, 0.6) is 5.88 Å². The van der Waals surface area contributed by atoms with Crippen LogP contribution in [0.4, 0.5) is 0 Å². The molecule has 1 heterocycles. The molecule has 2 rings (SSSR count). The Morgan fingerprint density at radius 1 is 1.22 bits per heavy atom. The van der Waals surface area contributed by atoms with Crippen LogP contribution in [-0.2, 0) is 19.6 Å². The van der Waals surface area contributed by atoms with E-state index in [1.165, 1.54) is 0 Å². The van der Waals surface area contributed by atoms with E-state index in [4.69, 9.17) is 9.47 Å². The Morgan fingerprint density at radius 3 is 2.62 bits per heavy atom. The molecule has 0 radical (unpaired) electrons. The van der Waals surface area contributed by atoms with Crippen molar-refractivity contribution in [3.8, 4) is 5.88 Å². The maximum atomic E-state index is 12.2. The SMILES string of the molecule is CCOC(=O)CC(C)c1nsnc1OCC(O)CNCCNS(=O)(=O)c1ccc(C)cc1. The number of hydrogen-bond donors (Lipinski definition) is 3. The Morgan fingerprint density at radius 2 is 1.94 bits per heavy atom. The van der Waals surface area contributed by atoms with E-state index in [1.807, 2.05) is 13.8 Å². The lowest BCUT2D eigenvalue weighted by Crippen LogP contribution is -2.37. The molecule has 2 aromatic rings. The standard InChI is InChI=1S/C20H30N4O6S2/c1-4-29-18(26)11-15(3)19-20(24-31-23-19)30-13-16(25)12-21-9-10-22-32(27,28)17-7-5-14(2)6-8-17/h5-8,15-16,21-22,25H,4,9-13H2,1-3H3. The number of ether oxygens (including phenoxy) is 2. The topological polar surface area (TPSA) is 140 Å². The predicted octanol–water partition coefficient (Wildman–Crippen LogP) is 1.21. The second kappa shape index (κ2) is 12.8. The first-order valence-electron chi connectivity index (χ1n) is 10.3. The summed E-state index contributed by atoms with van der Waals surface area (Å²) in [6.07, 6.45) is -0.670. The van der Waals surface area contributed by atoms with Gasteiger partial charge >= 0.3 is 5.97 Å². The van der Waals surface area contributed by atoms with E-state index in [9.17, 15) is 18.3 Å². The highest BCUT2D eigenvalue weighted by molar-refractivity contribution is 7.89. The molecule has 178 valence electrons. The van der Waals surface area contributed by atoms with E-state index in [2.05, 4.69) is 18.8 Å².